The van der Waals surface area contributed by atoms with Gasteiger partial charge in [0.2, 0.25) is 0 Å². The summed E-state index contributed by atoms with van der Waals surface area (Å²) in [6, 6.07) is 12.0. The average molecular weight is 270 g/mol. The first kappa shape index (κ1) is 14.0. The van der Waals surface area contributed by atoms with Gasteiger partial charge in [-0.2, -0.15) is 0 Å². The first-order chi connectivity index (χ1) is 9.52. The molecule has 0 fully saturated rings. The smallest absolute Gasteiger partial charge is 0.123 e. The van der Waals surface area contributed by atoms with E-state index in [0.717, 1.165) is 11.1 Å². The number of rotatable bonds is 4. The third kappa shape index (κ3) is 4.05. The summed E-state index contributed by atoms with van der Waals surface area (Å²) >= 11 is 0. The SMILES string of the molecule is CC(C)Oc1cc(O)cc(/C=C/c2ccc(O)cc2)c1. The van der Waals surface area contributed by atoms with Gasteiger partial charge in [-0.1, -0.05) is 24.3 Å². The quantitative estimate of drug-likeness (QED) is 0.824. The minimum atomic E-state index is 0.0609. The van der Waals surface area contributed by atoms with Crippen LogP contribution in [0.1, 0.15) is 25.0 Å². The Morgan fingerprint density at radius 1 is 0.850 bits per heavy atom. The van der Waals surface area contributed by atoms with Crippen LogP contribution >= 0.6 is 0 Å². The Labute approximate surface area is 118 Å². The van der Waals surface area contributed by atoms with Crippen LogP contribution in [0.25, 0.3) is 12.2 Å². The Balaban J connectivity index is 2.20. The minimum absolute atomic E-state index is 0.0609. The van der Waals surface area contributed by atoms with Crippen LogP contribution in [0.5, 0.6) is 17.2 Å². The second kappa shape index (κ2) is 6.15. The Bertz CT molecular complexity index is 598. The number of phenolic OH excluding ortho intramolecular Hbond substituents is 2. The van der Waals surface area contributed by atoms with Gasteiger partial charge in [0.05, 0.1) is 6.10 Å². The van der Waals surface area contributed by atoms with Crippen molar-refractivity contribution in [1.82, 2.24) is 0 Å². The maximum atomic E-state index is 9.69. The van der Waals surface area contributed by atoms with Gasteiger partial charge in [0.1, 0.15) is 17.2 Å². The van der Waals surface area contributed by atoms with Gasteiger partial charge in [-0.25, -0.2) is 0 Å². The van der Waals surface area contributed by atoms with Crippen LogP contribution in [0.2, 0.25) is 0 Å². The molecule has 0 bridgehead atoms. The van der Waals surface area contributed by atoms with Crippen molar-refractivity contribution in [3.05, 3.63) is 53.6 Å². The van der Waals surface area contributed by atoms with Gasteiger partial charge in [-0.3, -0.25) is 0 Å². The highest BCUT2D eigenvalue weighted by atomic mass is 16.5. The third-order valence-corrected chi connectivity index (χ3v) is 2.65. The summed E-state index contributed by atoms with van der Waals surface area (Å²) < 4.78 is 5.58. The molecule has 0 aliphatic heterocycles. The van der Waals surface area contributed by atoms with Crippen LogP contribution in [0.3, 0.4) is 0 Å². The molecule has 0 amide bonds. The Morgan fingerprint density at radius 2 is 1.50 bits per heavy atom. The fourth-order valence-corrected chi connectivity index (χ4v) is 1.82. The molecule has 0 aromatic heterocycles. The van der Waals surface area contributed by atoms with Gasteiger partial charge in [0.25, 0.3) is 0 Å². The predicted molar refractivity (Wildman–Crippen MR) is 80.9 cm³/mol. The molecule has 0 saturated heterocycles. The number of hydrogen-bond donors (Lipinski definition) is 2. The van der Waals surface area contributed by atoms with Crippen LogP contribution in [0, 0.1) is 0 Å². The molecule has 0 aliphatic rings. The summed E-state index contributed by atoms with van der Waals surface area (Å²) in [5.41, 5.74) is 1.83. The number of aromatic hydroxyl groups is 2. The van der Waals surface area contributed by atoms with Crippen LogP contribution in [0.4, 0.5) is 0 Å². The Hall–Kier alpha value is -2.42. The zero-order valence-electron chi connectivity index (χ0n) is 11.6. The minimum Gasteiger partial charge on any atom is -0.508 e. The molecule has 0 radical (unpaired) electrons. The van der Waals surface area contributed by atoms with E-state index < -0.39 is 0 Å². The summed E-state index contributed by atoms with van der Waals surface area (Å²) in [6.07, 6.45) is 3.86. The zero-order valence-corrected chi connectivity index (χ0v) is 11.6. The summed E-state index contributed by atoms with van der Waals surface area (Å²) in [6.45, 7) is 3.88. The third-order valence-electron chi connectivity index (χ3n) is 2.65. The second-order valence-electron chi connectivity index (χ2n) is 4.85. The van der Waals surface area contributed by atoms with E-state index in [-0.39, 0.29) is 17.6 Å². The van der Waals surface area contributed by atoms with E-state index in [1.54, 1.807) is 24.3 Å². The molecular weight excluding hydrogens is 252 g/mol. The van der Waals surface area contributed by atoms with Crippen LogP contribution < -0.4 is 4.74 Å². The summed E-state index contributed by atoms with van der Waals surface area (Å²) in [5.74, 6) is 1.06. The highest BCUT2D eigenvalue weighted by Crippen LogP contribution is 2.24. The maximum absolute atomic E-state index is 9.69. The van der Waals surface area contributed by atoms with E-state index in [2.05, 4.69) is 0 Å². The number of hydrogen-bond acceptors (Lipinski definition) is 3. The van der Waals surface area contributed by atoms with E-state index >= 15 is 0 Å². The Kier molecular flexibility index (Phi) is 4.31. The van der Waals surface area contributed by atoms with Gasteiger partial charge < -0.3 is 14.9 Å². The van der Waals surface area contributed by atoms with Crippen LogP contribution in [-0.4, -0.2) is 16.3 Å². The van der Waals surface area contributed by atoms with E-state index in [0.29, 0.717) is 5.75 Å². The van der Waals surface area contributed by atoms with E-state index in [1.807, 2.05) is 44.2 Å². The lowest BCUT2D eigenvalue weighted by Gasteiger charge is -2.10. The van der Waals surface area contributed by atoms with E-state index in [9.17, 15) is 10.2 Å². The normalized spacial score (nSPS) is 11.2. The van der Waals surface area contributed by atoms with Crippen molar-refractivity contribution >= 4 is 12.2 Å². The largest absolute Gasteiger partial charge is 0.508 e. The molecule has 20 heavy (non-hydrogen) atoms. The van der Waals surface area contributed by atoms with E-state index in [1.165, 1.54) is 0 Å². The van der Waals surface area contributed by atoms with Crippen molar-refractivity contribution < 1.29 is 14.9 Å². The molecule has 2 rings (SSSR count). The van der Waals surface area contributed by atoms with Crippen molar-refractivity contribution in [2.75, 3.05) is 0 Å². The highest BCUT2D eigenvalue weighted by Gasteiger charge is 2.01. The average Bonchev–Trinajstić information content (AvgIpc) is 2.36. The molecule has 0 saturated carbocycles. The van der Waals surface area contributed by atoms with Crippen molar-refractivity contribution in [3.63, 3.8) is 0 Å². The van der Waals surface area contributed by atoms with Gasteiger partial charge in [0.15, 0.2) is 0 Å². The van der Waals surface area contributed by atoms with Crippen molar-refractivity contribution in [2.24, 2.45) is 0 Å². The molecule has 104 valence electrons. The first-order valence-corrected chi connectivity index (χ1v) is 6.51. The second-order valence-corrected chi connectivity index (χ2v) is 4.85. The molecule has 2 aromatic rings. The summed E-state index contributed by atoms with van der Waals surface area (Å²) in [5, 5.41) is 18.9. The lowest BCUT2D eigenvalue weighted by Crippen LogP contribution is -2.05. The lowest BCUT2D eigenvalue weighted by molar-refractivity contribution is 0.241. The van der Waals surface area contributed by atoms with Gasteiger partial charge in [-0.05, 0) is 49.2 Å². The predicted octanol–water partition coefficient (Wildman–Crippen LogP) is 4.06. The van der Waals surface area contributed by atoms with Crippen molar-refractivity contribution in [1.29, 1.82) is 0 Å². The molecule has 0 atom stereocenters. The highest BCUT2D eigenvalue weighted by molar-refractivity contribution is 5.71. The van der Waals surface area contributed by atoms with Gasteiger partial charge in [-0.15, -0.1) is 0 Å². The molecule has 3 nitrogen and oxygen atoms in total. The summed E-state index contributed by atoms with van der Waals surface area (Å²) in [7, 11) is 0. The number of ether oxygens (including phenoxy) is 1. The summed E-state index contributed by atoms with van der Waals surface area (Å²) in [4.78, 5) is 0. The molecule has 0 aliphatic carbocycles. The fraction of sp³-hybridized carbons (Fsp3) is 0.176. The van der Waals surface area contributed by atoms with E-state index in [4.69, 9.17) is 4.74 Å². The van der Waals surface area contributed by atoms with Crippen LogP contribution in [0.15, 0.2) is 42.5 Å². The first-order valence-electron chi connectivity index (χ1n) is 6.51. The molecule has 0 heterocycles. The molecule has 2 aromatic carbocycles. The molecular formula is C17H18O3. The number of phenols is 2. The zero-order chi connectivity index (χ0) is 14.5. The lowest BCUT2D eigenvalue weighted by atomic mass is 10.1. The standard InChI is InChI=1S/C17H18O3/c1-12(2)20-17-10-14(9-16(19)11-17)4-3-13-5-7-15(18)8-6-13/h3-12,18-19H,1-2H3/b4-3+. The topological polar surface area (TPSA) is 49.7 Å². The Morgan fingerprint density at radius 3 is 2.15 bits per heavy atom. The van der Waals surface area contributed by atoms with Gasteiger partial charge >= 0.3 is 0 Å². The molecule has 2 N–H and O–H groups in total. The molecule has 0 unspecified atom stereocenters. The fourth-order valence-electron chi connectivity index (χ4n) is 1.82. The molecule has 0 spiro atoms. The maximum Gasteiger partial charge on any atom is 0.123 e. The van der Waals surface area contributed by atoms with Crippen LogP contribution in [-0.2, 0) is 0 Å². The number of benzene rings is 2. The van der Waals surface area contributed by atoms with Crippen molar-refractivity contribution in [3.8, 4) is 17.2 Å². The van der Waals surface area contributed by atoms with Crippen molar-refractivity contribution in [2.45, 2.75) is 20.0 Å². The van der Waals surface area contributed by atoms with Gasteiger partial charge in [0, 0.05) is 6.07 Å². The monoisotopic (exact) mass is 270 g/mol. The molecule has 3 heteroatoms.